The van der Waals surface area contributed by atoms with E-state index < -0.39 is 0 Å². The van der Waals surface area contributed by atoms with E-state index in [0.29, 0.717) is 5.82 Å². The molecule has 0 saturated heterocycles. The number of furan rings is 1. The first-order valence-corrected chi connectivity index (χ1v) is 18.2. The summed E-state index contributed by atoms with van der Waals surface area (Å²) in [5, 5.41) is 5.46. The Morgan fingerprint density at radius 2 is 0.981 bits per heavy atom. The van der Waals surface area contributed by atoms with Crippen LogP contribution in [0.15, 0.2) is 192 Å². The van der Waals surface area contributed by atoms with Crippen LogP contribution in [0.1, 0.15) is 0 Å². The van der Waals surface area contributed by atoms with E-state index in [1.54, 1.807) is 0 Å². The van der Waals surface area contributed by atoms with Gasteiger partial charge in [0.1, 0.15) is 5.58 Å². The van der Waals surface area contributed by atoms with Crippen molar-refractivity contribution in [3.8, 4) is 50.6 Å². The second-order valence-electron chi connectivity index (χ2n) is 13.7. The van der Waals surface area contributed by atoms with E-state index in [4.69, 9.17) is 14.4 Å². The summed E-state index contributed by atoms with van der Waals surface area (Å²) in [6.45, 7) is 0. The zero-order valence-corrected chi connectivity index (χ0v) is 29.1. The molecule has 0 fully saturated rings. The third-order valence-corrected chi connectivity index (χ3v) is 10.6. The molecule has 0 bridgehead atoms. The van der Waals surface area contributed by atoms with Gasteiger partial charge in [0.2, 0.25) is 0 Å². The van der Waals surface area contributed by atoms with Gasteiger partial charge in [-0.1, -0.05) is 158 Å². The summed E-state index contributed by atoms with van der Waals surface area (Å²) >= 11 is 0. The summed E-state index contributed by atoms with van der Waals surface area (Å²) in [5.74, 6) is 0.698. The van der Waals surface area contributed by atoms with Crippen LogP contribution in [0.25, 0.3) is 105 Å². The maximum atomic E-state index is 6.96. The molecule has 11 rings (SSSR count). The minimum atomic E-state index is 0.698. The van der Waals surface area contributed by atoms with Crippen LogP contribution >= 0.6 is 0 Å². The lowest BCUT2D eigenvalue weighted by molar-refractivity contribution is 0.666. The van der Waals surface area contributed by atoms with Gasteiger partial charge in [0.15, 0.2) is 11.4 Å². The van der Waals surface area contributed by atoms with Crippen molar-refractivity contribution in [2.24, 2.45) is 0 Å². The number of benzene rings is 8. The zero-order chi connectivity index (χ0) is 35.6. The highest BCUT2D eigenvalue weighted by Gasteiger charge is 2.22. The first-order chi connectivity index (χ1) is 26.8. The number of nitrogens with zero attached hydrogens (tertiary/aromatic N) is 3. The van der Waals surface area contributed by atoms with Crippen molar-refractivity contribution in [1.82, 2.24) is 14.5 Å². The van der Waals surface area contributed by atoms with E-state index in [0.717, 1.165) is 66.4 Å². The van der Waals surface area contributed by atoms with Crippen LogP contribution in [-0.2, 0) is 0 Å². The summed E-state index contributed by atoms with van der Waals surface area (Å²) < 4.78 is 9.35. The van der Waals surface area contributed by atoms with E-state index in [1.165, 1.54) is 33.0 Å². The van der Waals surface area contributed by atoms with Crippen LogP contribution in [0.3, 0.4) is 0 Å². The zero-order valence-electron chi connectivity index (χ0n) is 29.1. The molecule has 0 atom stereocenters. The predicted octanol–water partition coefficient (Wildman–Crippen LogP) is 13.3. The summed E-state index contributed by atoms with van der Waals surface area (Å²) in [6, 6.07) is 66.1. The van der Waals surface area contributed by atoms with E-state index in [1.807, 2.05) is 24.3 Å². The molecule has 3 heterocycles. The summed E-state index contributed by atoms with van der Waals surface area (Å²) in [6.07, 6.45) is 0. The monoisotopic (exact) mass is 689 g/mol. The van der Waals surface area contributed by atoms with Gasteiger partial charge in [0.05, 0.1) is 27.9 Å². The van der Waals surface area contributed by atoms with Crippen LogP contribution in [0.5, 0.6) is 0 Å². The maximum Gasteiger partial charge on any atom is 0.160 e. The third-order valence-electron chi connectivity index (χ3n) is 10.6. The molecule has 0 amide bonds. The Hall–Kier alpha value is -7.30. The molecule has 4 nitrogen and oxygen atoms in total. The average molecular weight is 690 g/mol. The second kappa shape index (κ2) is 12.1. The number of hydrogen-bond acceptors (Lipinski definition) is 3. The average Bonchev–Trinajstić information content (AvgIpc) is 3.79. The van der Waals surface area contributed by atoms with Crippen molar-refractivity contribution in [2.45, 2.75) is 0 Å². The first-order valence-electron chi connectivity index (χ1n) is 18.2. The Kier molecular flexibility index (Phi) is 6.82. The Bertz CT molecular complexity index is 3100. The lowest BCUT2D eigenvalue weighted by Gasteiger charge is -2.11. The molecular formula is C50H31N3O. The number of fused-ring (bicyclic) bond motifs is 7. The van der Waals surface area contributed by atoms with Crippen LogP contribution in [-0.4, -0.2) is 14.5 Å². The van der Waals surface area contributed by atoms with Gasteiger partial charge in [-0.15, -0.1) is 0 Å². The van der Waals surface area contributed by atoms with E-state index in [9.17, 15) is 0 Å². The normalized spacial score (nSPS) is 11.7. The molecule has 0 saturated carbocycles. The van der Waals surface area contributed by atoms with Crippen LogP contribution in [0.4, 0.5) is 0 Å². The number of hydrogen-bond donors (Lipinski definition) is 0. The molecule has 252 valence electrons. The quantitative estimate of drug-likeness (QED) is 0.181. The highest BCUT2D eigenvalue weighted by Crippen LogP contribution is 2.43. The SMILES string of the molecule is c1ccc(-c2ccc3c4ccc(-c5ccccc5)cc4n(-c4cccc5c4oc4cccc(-c6nc(-c7ccccc7)nc7ccccc67)c45)c3c2)cc1. The van der Waals surface area contributed by atoms with Gasteiger partial charge in [-0.25, -0.2) is 9.97 Å². The van der Waals surface area contributed by atoms with Crippen LogP contribution in [0.2, 0.25) is 0 Å². The Labute approximate surface area is 311 Å². The standard InChI is InChI=1S/C50H31N3O/c1-4-14-32(15-5-1)35-26-28-37-38-29-27-36(33-16-6-2-7-17-33)31-45(38)53(44(37)30-35)43-24-12-22-41-47-40(21-13-25-46(47)54-49(41)43)48-39-20-10-11-23-42(39)51-50(52-48)34-18-8-3-9-19-34/h1-31H. The smallest absolute Gasteiger partial charge is 0.160 e. The third kappa shape index (κ3) is 4.78. The van der Waals surface area contributed by atoms with Gasteiger partial charge in [0, 0.05) is 38.1 Å². The Morgan fingerprint density at radius 1 is 0.407 bits per heavy atom. The lowest BCUT2D eigenvalue weighted by Crippen LogP contribution is -1.96. The molecule has 11 aromatic rings. The largest absolute Gasteiger partial charge is 0.454 e. The number of aromatic nitrogens is 3. The van der Waals surface area contributed by atoms with Gasteiger partial charge in [0.25, 0.3) is 0 Å². The molecule has 54 heavy (non-hydrogen) atoms. The van der Waals surface area contributed by atoms with E-state index in [-0.39, 0.29) is 0 Å². The van der Waals surface area contributed by atoms with E-state index >= 15 is 0 Å². The minimum absolute atomic E-state index is 0.698. The van der Waals surface area contributed by atoms with Gasteiger partial charge in [-0.05, 0) is 52.6 Å². The topological polar surface area (TPSA) is 43.9 Å². The molecular weight excluding hydrogens is 659 g/mol. The fourth-order valence-electron chi connectivity index (χ4n) is 8.10. The molecule has 0 N–H and O–H groups in total. The van der Waals surface area contributed by atoms with Crippen molar-refractivity contribution >= 4 is 54.6 Å². The molecule has 0 unspecified atom stereocenters. The molecule has 0 spiro atoms. The van der Waals surface area contributed by atoms with Crippen molar-refractivity contribution < 1.29 is 4.42 Å². The van der Waals surface area contributed by atoms with Crippen molar-refractivity contribution in [2.75, 3.05) is 0 Å². The molecule has 3 aromatic heterocycles. The molecule has 4 heteroatoms. The highest BCUT2D eigenvalue weighted by molar-refractivity contribution is 6.17. The maximum absolute atomic E-state index is 6.96. The summed E-state index contributed by atoms with van der Waals surface area (Å²) in [5.41, 5.74) is 13.4. The number of para-hydroxylation sites is 2. The first kappa shape index (κ1) is 30.3. The minimum Gasteiger partial charge on any atom is -0.454 e. The summed E-state index contributed by atoms with van der Waals surface area (Å²) in [7, 11) is 0. The van der Waals surface area contributed by atoms with Gasteiger partial charge in [-0.2, -0.15) is 0 Å². The molecule has 0 radical (unpaired) electrons. The fraction of sp³-hybridized carbons (Fsp3) is 0. The predicted molar refractivity (Wildman–Crippen MR) is 223 cm³/mol. The molecule has 8 aromatic carbocycles. The van der Waals surface area contributed by atoms with Crippen molar-refractivity contribution in [3.63, 3.8) is 0 Å². The Balaban J connectivity index is 1.20. The molecule has 0 aliphatic rings. The van der Waals surface area contributed by atoms with Gasteiger partial charge >= 0.3 is 0 Å². The van der Waals surface area contributed by atoms with Crippen LogP contribution < -0.4 is 0 Å². The van der Waals surface area contributed by atoms with Gasteiger partial charge < -0.3 is 8.98 Å². The van der Waals surface area contributed by atoms with Crippen LogP contribution in [0, 0.1) is 0 Å². The Morgan fingerprint density at radius 3 is 1.65 bits per heavy atom. The van der Waals surface area contributed by atoms with Crippen molar-refractivity contribution in [1.29, 1.82) is 0 Å². The van der Waals surface area contributed by atoms with Gasteiger partial charge in [-0.3, -0.25) is 0 Å². The summed E-state index contributed by atoms with van der Waals surface area (Å²) in [4.78, 5) is 10.2. The second-order valence-corrected chi connectivity index (χ2v) is 13.7. The van der Waals surface area contributed by atoms with Crippen molar-refractivity contribution in [3.05, 3.63) is 188 Å². The lowest BCUT2D eigenvalue weighted by atomic mass is 10.00. The highest BCUT2D eigenvalue weighted by atomic mass is 16.3. The molecule has 0 aliphatic carbocycles. The van der Waals surface area contributed by atoms with E-state index in [2.05, 4.69) is 168 Å². The fourth-order valence-corrected chi connectivity index (χ4v) is 8.10. The number of rotatable bonds is 5. The molecule has 0 aliphatic heterocycles.